The summed E-state index contributed by atoms with van der Waals surface area (Å²) in [4.78, 5) is 105. The lowest BCUT2D eigenvalue weighted by atomic mass is 9.70. The number of carbonyl (C=O) groups excluding carboxylic acids is 7. The minimum Gasteiger partial charge on any atom is -0.481 e. The molecule has 97 heavy (non-hydrogen) atoms. The van der Waals surface area contributed by atoms with Crippen molar-refractivity contribution in [3.63, 3.8) is 0 Å². The number of amides is 4. The van der Waals surface area contributed by atoms with Crippen molar-refractivity contribution in [2.75, 3.05) is 52.4 Å². The zero-order valence-electron chi connectivity index (χ0n) is 62.0. The summed E-state index contributed by atoms with van der Waals surface area (Å²) in [5.41, 5.74) is 14.1. The second kappa shape index (κ2) is 28.3. The van der Waals surface area contributed by atoms with Gasteiger partial charge in [0.25, 0.3) is 0 Å². The fourth-order valence-corrected chi connectivity index (χ4v) is 15.1. The van der Waals surface area contributed by atoms with Crippen molar-refractivity contribution in [3.8, 4) is 0 Å². The van der Waals surface area contributed by atoms with Crippen molar-refractivity contribution < 1.29 is 62.4 Å². The van der Waals surface area contributed by atoms with E-state index < -0.39 is 33.8 Å². The SMILES string of the molecule is Cc1cc2c(cc1C)C1(CCN(C(=O)OC(C)(C)C)CC1)CC2=O.Cc1cc2c(cc1C)C1(CCN(C(=O)OC(C)(C)C)CC1)CC2=O.Cc1ccc(C2(CC(=O)O)CCN(C(=O)OC(C)(C)C)CC2)cc1C.Cc1ccc2c(c1C)C(=O)CC21CCN(C(=O)OC(C)(C)C)CC1. The van der Waals surface area contributed by atoms with Crippen molar-refractivity contribution in [1.82, 2.24) is 19.6 Å². The summed E-state index contributed by atoms with van der Waals surface area (Å²) in [6, 6.07) is 18.9. The number of hydrogen-bond donors (Lipinski definition) is 1. The summed E-state index contributed by atoms with van der Waals surface area (Å²) in [5, 5.41) is 9.44. The Hall–Kier alpha value is -7.56. The van der Waals surface area contributed by atoms with E-state index in [0.717, 1.165) is 71.9 Å². The summed E-state index contributed by atoms with van der Waals surface area (Å²) in [6.45, 7) is 43.9. The van der Waals surface area contributed by atoms with E-state index in [0.29, 0.717) is 84.5 Å². The Morgan fingerprint density at radius 3 is 1.01 bits per heavy atom. The molecule has 0 atom stereocenters. The molecule has 0 unspecified atom stereocenters. The zero-order valence-corrected chi connectivity index (χ0v) is 62.0. The average Bonchev–Trinajstić information content (AvgIpc) is 1.72. The molecule has 4 fully saturated rings. The minimum atomic E-state index is -0.802. The first-order valence-electron chi connectivity index (χ1n) is 35.0. The Bertz CT molecular complexity index is 3500. The van der Waals surface area contributed by atoms with Crippen LogP contribution < -0.4 is 0 Å². The lowest BCUT2D eigenvalue weighted by Gasteiger charge is -2.42. The van der Waals surface area contributed by atoms with Gasteiger partial charge in [0.15, 0.2) is 17.3 Å². The molecule has 4 aromatic rings. The molecule has 4 saturated heterocycles. The maximum Gasteiger partial charge on any atom is 0.410 e. The predicted octanol–water partition coefficient (Wildman–Crippen LogP) is 16.5. The third-order valence-electron chi connectivity index (χ3n) is 21.2. The molecule has 0 bridgehead atoms. The van der Waals surface area contributed by atoms with Crippen LogP contribution in [0.3, 0.4) is 0 Å². The number of ether oxygens (including phenoxy) is 4. The number of fused-ring (bicyclic) bond motifs is 6. The number of carboxylic acid groups (broad SMARTS) is 1. The summed E-state index contributed by atoms with van der Waals surface area (Å²) in [7, 11) is 0. The molecular weight excluding hydrogens is 1220 g/mol. The van der Waals surface area contributed by atoms with Crippen molar-refractivity contribution in [3.05, 3.63) is 138 Å². The molecule has 4 aliphatic heterocycles. The van der Waals surface area contributed by atoms with E-state index in [1.165, 1.54) is 50.1 Å². The molecule has 4 aromatic carbocycles. The lowest BCUT2D eigenvalue weighted by Crippen LogP contribution is -2.47. The van der Waals surface area contributed by atoms with Crippen LogP contribution in [0.2, 0.25) is 0 Å². The second-order valence-electron chi connectivity index (χ2n) is 33.1. The smallest absolute Gasteiger partial charge is 0.410 e. The fourth-order valence-electron chi connectivity index (χ4n) is 15.1. The van der Waals surface area contributed by atoms with Gasteiger partial charge in [-0.3, -0.25) is 19.2 Å². The van der Waals surface area contributed by atoms with E-state index in [4.69, 9.17) is 18.9 Å². The van der Waals surface area contributed by atoms with Crippen LogP contribution in [0.4, 0.5) is 19.2 Å². The number of aliphatic carboxylic acids is 1. The number of Topliss-reactive ketones (excluding diaryl/α,β-unsaturated/α-hetero) is 3. The molecule has 7 aliphatic rings. The number of rotatable bonds is 3. The van der Waals surface area contributed by atoms with Crippen LogP contribution in [0, 0.1) is 55.4 Å². The Balaban J connectivity index is 0.000000165. The highest BCUT2D eigenvalue weighted by Gasteiger charge is 2.50. The van der Waals surface area contributed by atoms with Crippen LogP contribution in [0.5, 0.6) is 0 Å². The molecule has 4 amide bonds. The largest absolute Gasteiger partial charge is 0.481 e. The maximum atomic E-state index is 12.6. The highest BCUT2D eigenvalue weighted by molar-refractivity contribution is 6.04. The molecule has 3 aliphatic carbocycles. The first-order valence-corrected chi connectivity index (χ1v) is 35.0. The molecule has 0 aromatic heterocycles. The van der Waals surface area contributed by atoms with Crippen molar-refractivity contribution in [2.45, 2.75) is 260 Å². The van der Waals surface area contributed by atoms with Crippen molar-refractivity contribution in [2.24, 2.45) is 0 Å². The first kappa shape index (κ1) is 75.2. The van der Waals surface area contributed by atoms with Gasteiger partial charge < -0.3 is 43.7 Å². The van der Waals surface area contributed by atoms with Gasteiger partial charge in [0, 0.05) is 110 Å². The topological polar surface area (TPSA) is 207 Å². The molecule has 0 radical (unpaired) electrons. The van der Waals surface area contributed by atoms with Crippen LogP contribution in [-0.4, -0.2) is 147 Å². The van der Waals surface area contributed by atoms with Gasteiger partial charge >= 0.3 is 30.3 Å². The van der Waals surface area contributed by atoms with Gasteiger partial charge in [-0.05, 0) is 269 Å². The first-order chi connectivity index (χ1) is 44.9. The van der Waals surface area contributed by atoms with Crippen molar-refractivity contribution in [1.29, 1.82) is 0 Å². The van der Waals surface area contributed by atoms with E-state index in [9.17, 15) is 43.5 Å². The summed E-state index contributed by atoms with van der Waals surface area (Å²) >= 11 is 0. The lowest BCUT2D eigenvalue weighted by molar-refractivity contribution is -0.139. The normalized spacial score (nSPS) is 18.9. The van der Waals surface area contributed by atoms with Gasteiger partial charge in [-0.2, -0.15) is 0 Å². The highest BCUT2D eigenvalue weighted by atomic mass is 16.6. The van der Waals surface area contributed by atoms with Crippen LogP contribution in [0.1, 0.15) is 258 Å². The summed E-state index contributed by atoms with van der Waals surface area (Å²) in [6.07, 6.45) is 6.96. The number of carbonyl (C=O) groups is 8. The number of nitrogens with zero attached hydrogens (tertiary/aromatic N) is 4. The summed E-state index contributed by atoms with van der Waals surface area (Å²) in [5.74, 6) is -0.0431. The molecule has 528 valence electrons. The number of aryl methyl sites for hydroxylation is 7. The minimum absolute atomic E-state index is 0.0810. The van der Waals surface area contributed by atoms with Gasteiger partial charge in [-0.1, -0.05) is 42.5 Å². The van der Waals surface area contributed by atoms with E-state index in [-0.39, 0.29) is 64.4 Å². The number of piperidine rings is 4. The molecule has 11 rings (SSSR count). The zero-order chi connectivity index (χ0) is 71.9. The Labute approximate surface area is 577 Å². The van der Waals surface area contributed by atoms with Gasteiger partial charge in [-0.25, -0.2) is 19.2 Å². The van der Waals surface area contributed by atoms with Crippen LogP contribution in [0.25, 0.3) is 0 Å². The molecule has 17 heteroatoms. The maximum absolute atomic E-state index is 12.6. The number of carboxylic acids is 1. The number of benzene rings is 4. The Kier molecular flexibility index (Phi) is 22.0. The van der Waals surface area contributed by atoms with Gasteiger partial charge in [0.2, 0.25) is 0 Å². The predicted molar refractivity (Wildman–Crippen MR) is 378 cm³/mol. The quantitative estimate of drug-likeness (QED) is 0.190. The Morgan fingerprint density at radius 2 is 0.680 bits per heavy atom. The van der Waals surface area contributed by atoms with Gasteiger partial charge in [-0.15, -0.1) is 0 Å². The molecular formula is C80H110N4O13. The van der Waals surface area contributed by atoms with Gasteiger partial charge in [0.05, 0.1) is 6.42 Å². The van der Waals surface area contributed by atoms with E-state index in [1.807, 2.05) is 122 Å². The van der Waals surface area contributed by atoms with E-state index in [1.54, 1.807) is 19.6 Å². The molecule has 1 N–H and O–H groups in total. The van der Waals surface area contributed by atoms with Crippen LogP contribution in [0.15, 0.2) is 54.6 Å². The van der Waals surface area contributed by atoms with Gasteiger partial charge in [0.1, 0.15) is 22.4 Å². The Morgan fingerprint density at radius 1 is 0.381 bits per heavy atom. The van der Waals surface area contributed by atoms with Crippen LogP contribution in [-0.2, 0) is 45.4 Å². The molecule has 4 heterocycles. The van der Waals surface area contributed by atoms with Crippen LogP contribution >= 0.6 is 0 Å². The monoisotopic (exact) mass is 1330 g/mol. The third kappa shape index (κ3) is 17.5. The highest BCUT2D eigenvalue weighted by Crippen LogP contribution is 2.51. The summed E-state index contributed by atoms with van der Waals surface area (Å²) < 4.78 is 21.9. The number of ketones is 3. The number of hydrogen-bond acceptors (Lipinski definition) is 12. The van der Waals surface area contributed by atoms with E-state index >= 15 is 0 Å². The van der Waals surface area contributed by atoms with Crippen molar-refractivity contribution >= 4 is 47.7 Å². The third-order valence-corrected chi connectivity index (χ3v) is 21.2. The fraction of sp³-hybridized carbons (Fsp3) is 0.600. The van der Waals surface area contributed by atoms with E-state index in [2.05, 4.69) is 71.0 Å². The number of likely N-dealkylation sites (tertiary alicyclic amines) is 4. The molecule has 17 nitrogen and oxygen atoms in total. The second-order valence-corrected chi connectivity index (χ2v) is 33.1. The molecule has 3 spiro atoms. The average molecular weight is 1340 g/mol. The molecule has 0 saturated carbocycles. The standard InChI is InChI=1S/C20H29NO4.3C20H27NO3/c1-14-6-7-16(12-15(14)2)20(13-17(22)23)8-10-21(11-9-20)18(24)25-19(3,4)5;2*1-13-10-15-16(11-14(13)2)20(12-17(15)22)6-8-21(9-7-20)18(23)24-19(3,4)5;1-13-6-7-15-17(14(13)2)16(22)12-20(15)8-10-21(11-9-20)18(23)24-19(3,4)5/h6-7,12H,8-11,13H2,1-5H3,(H,22,23);2*10-11H,6-9,12H2,1-5H3;6-7H,8-12H2,1-5H3.